The molecule has 2 amide bonds. The highest BCUT2D eigenvalue weighted by Crippen LogP contribution is 2.23. The lowest BCUT2D eigenvalue weighted by Crippen LogP contribution is -2.55. The molecule has 3 N–H and O–H groups in total. The Morgan fingerprint density at radius 2 is 1.42 bits per heavy atom. The molecule has 188 valence electrons. The maximum absolute atomic E-state index is 12.7. The molecule has 1 aliphatic rings. The third-order valence-corrected chi connectivity index (χ3v) is 6.22. The Bertz CT molecular complexity index is 1150. The monoisotopic (exact) mass is 509 g/mol. The molecular weight excluding hydrogens is 482 g/mol. The van der Waals surface area contributed by atoms with E-state index in [0.29, 0.717) is 42.7 Å². The Hall–Kier alpha value is -3.59. The average Bonchev–Trinajstić information content (AvgIpc) is 2.93. The standard InChI is InChI=1S/C27H28ClN3O5/c28-20-8-12-23(13-9-20)36-22-10-6-19(7-11-22)18-29-26(34)24(32)25(33)27(35)31-16-14-30(15-17-31)21-4-2-1-3-5-21/h1-13,24-25,32-33H,14-18H2,(H,29,34)/t24-,25-/m1/s1. The van der Waals surface area contributed by atoms with Gasteiger partial charge in [-0.05, 0) is 54.1 Å². The molecule has 0 radical (unpaired) electrons. The lowest BCUT2D eigenvalue weighted by molar-refractivity contribution is -0.153. The van der Waals surface area contributed by atoms with Crippen LogP contribution in [0.15, 0.2) is 78.9 Å². The molecule has 0 spiro atoms. The van der Waals surface area contributed by atoms with Crippen molar-refractivity contribution in [3.63, 3.8) is 0 Å². The van der Waals surface area contributed by atoms with Crippen LogP contribution in [0.1, 0.15) is 5.56 Å². The molecule has 3 aromatic carbocycles. The van der Waals surface area contributed by atoms with Gasteiger partial charge in [-0.1, -0.05) is 41.9 Å². The average molecular weight is 510 g/mol. The van der Waals surface area contributed by atoms with Gasteiger partial charge in [0.05, 0.1) is 0 Å². The topological polar surface area (TPSA) is 102 Å². The molecule has 9 heteroatoms. The first-order valence-electron chi connectivity index (χ1n) is 11.7. The summed E-state index contributed by atoms with van der Waals surface area (Å²) in [5, 5.41) is 23.8. The Morgan fingerprint density at radius 3 is 2.03 bits per heavy atom. The Balaban J connectivity index is 1.23. The number of hydrogen-bond donors (Lipinski definition) is 3. The molecule has 1 heterocycles. The number of amides is 2. The second-order valence-corrected chi connectivity index (χ2v) is 8.89. The Morgan fingerprint density at radius 1 is 0.833 bits per heavy atom. The van der Waals surface area contributed by atoms with Gasteiger partial charge in [0.1, 0.15) is 11.5 Å². The first-order valence-corrected chi connectivity index (χ1v) is 12.0. The third-order valence-electron chi connectivity index (χ3n) is 5.97. The van der Waals surface area contributed by atoms with Crippen LogP contribution in [0.5, 0.6) is 11.5 Å². The summed E-state index contributed by atoms with van der Waals surface area (Å²) in [5.74, 6) is -0.223. The van der Waals surface area contributed by atoms with Gasteiger partial charge in [-0.15, -0.1) is 0 Å². The molecule has 1 fully saturated rings. The van der Waals surface area contributed by atoms with Crippen molar-refractivity contribution >= 4 is 29.1 Å². The highest BCUT2D eigenvalue weighted by molar-refractivity contribution is 6.30. The van der Waals surface area contributed by atoms with E-state index in [1.165, 1.54) is 4.90 Å². The van der Waals surface area contributed by atoms with Gasteiger partial charge in [-0.3, -0.25) is 9.59 Å². The van der Waals surface area contributed by atoms with Crippen molar-refractivity contribution in [3.05, 3.63) is 89.4 Å². The normalized spacial score (nSPS) is 15.2. The molecule has 36 heavy (non-hydrogen) atoms. The lowest BCUT2D eigenvalue weighted by Gasteiger charge is -2.37. The number of carbonyl (C=O) groups excluding carboxylic acids is 2. The molecule has 1 aliphatic heterocycles. The van der Waals surface area contributed by atoms with Crippen LogP contribution in [0.2, 0.25) is 5.02 Å². The van der Waals surface area contributed by atoms with Crippen LogP contribution in [0.25, 0.3) is 0 Å². The van der Waals surface area contributed by atoms with E-state index in [4.69, 9.17) is 16.3 Å². The number of halogens is 1. The predicted molar refractivity (Wildman–Crippen MR) is 137 cm³/mol. The van der Waals surface area contributed by atoms with E-state index < -0.39 is 24.0 Å². The molecule has 8 nitrogen and oxygen atoms in total. The summed E-state index contributed by atoms with van der Waals surface area (Å²) in [5.41, 5.74) is 1.82. The number of nitrogens with one attached hydrogen (secondary N) is 1. The molecule has 0 saturated carbocycles. The number of carbonyl (C=O) groups is 2. The van der Waals surface area contributed by atoms with Crippen molar-refractivity contribution in [2.24, 2.45) is 0 Å². The number of para-hydroxylation sites is 1. The van der Waals surface area contributed by atoms with Gasteiger partial charge in [0.25, 0.3) is 11.8 Å². The smallest absolute Gasteiger partial charge is 0.254 e. The van der Waals surface area contributed by atoms with E-state index in [-0.39, 0.29) is 6.54 Å². The summed E-state index contributed by atoms with van der Waals surface area (Å²) in [4.78, 5) is 28.7. The SMILES string of the molecule is O=C(NCc1ccc(Oc2ccc(Cl)cc2)cc1)[C@H](O)[C@@H](O)C(=O)N1CCN(c2ccccc2)CC1. The zero-order valence-electron chi connectivity index (χ0n) is 19.6. The van der Waals surface area contributed by atoms with Gasteiger partial charge in [0.15, 0.2) is 12.2 Å². The van der Waals surface area contributed by atoms with E-state index in [1.807, 2.05) is 30.3 Å². The molecule has 1 saturated heterocycles. The summed E-state index contributed by atoms with van der Waals surface area (Å²) in [7, 11) is 0. The van der Waals surface area contributed by atoms with E-state index in [0.717, 1.165) is 11.3 Å². The molecule has 3 aromatic rings. The quantitative estimate of drug-likeness (QED) is 0.431. The van der Waals surface area contributed by atoms with Gasteiger partial charge >= 0.3 is 0 Å². The van der Waals surface area contributed by atoms with Gasteiger partial charge in [0, 0.05) is 43.4 Å². The number of anilines is 1. The molecule has 4 rings (SSSR count). The largest absolute Gasteiger partial charge is 0.457 e. The number of ether oxygens (including phenoxy) is 1. The van der Waals surface area contributed by atoms with Crippen molar-refractivity contribution in [1.82, 2.24) is 10.2 Å². The lowest BCUT2D eigenvalue weighted by atomic mass is 10.1. The van der Waals surface area contributed by atoms with Crippen molar-refractivity contribution in [1.29, 1.82) is 0 Å². The number of aliphatic hydroxyl groups excluding tert-OH is 2. The zero-order chi connectivity index (χ0) is 25.5. The van der Waals surface area contributed by atoms with E-state index >= 15 is 0 Å². The maximum atomic E-state index is 12.7. The fraction of sp³-hybridized carbons (Fsp3) is 0.259. The van der Waals surface area contributed by atoms with Crippen LogP contribution in [-0.4, -0.2) is 65.3 Å². The van der Waals surface area contributed by atoms with Crippen molar-refractivity contribution in [2.45, 2.75) is 18.8 Å². The predicted octanol–water partition coefficient (Wildman–Crippen LogP) is 2.82. The summed E-state index contributed by atoms with van der Waals surface area (Å²) in [6.07, 6.45) is -3.69. The molecule has 2 atom stereocenters. The van der Waals surface area contributed by atoms with Gasteiger partial charge in [0.2, 0.25) is 0 Å². The molecule has 0 aromatic heterocycles. The first kappa shape index (κ1) is 25.5. The Kier molecular flexibility index (Phi) is 8.43. The second-order valence-electron chi connectivity index (χ2n) is 8.46. The van der Waals surface area contributed by atoms with Crippen molar-refractivity contribution in [3.8, 4) is 11.5 Å². The summed E-state index contributed by atoms with van der Waals surface area (Å²) >= 11 is 5.87. The number of piperazine rings is 1. The highest BCUT2D eigenvalue weighted by Gasteiger charge is 2.34. The van der Waals surface area contributed by atoms with Gasteiger partial charge < -0.3 is 30.1 Å². The number of benzene rings is 3. The van der Waals surface area contributed by atoms with Crippen LogP contribution < -0.4 is 15.0 Å². The number of aliphatic hydroxyl groups is 2. The van der Waals surface area contributed by atoms with Crippen molar-refractivity contribution < 1.29 is 24.5 Å². The van der Waals surface area contributed by atoms with Crippen LogP contribution in [0.3, 0.4) is 0 Å². The zero-order valence-corrected chi connectivity index (χ0v) is 20.3. The maximum Gasteiger partial charge on any atom is 0.254 e. The van der Waals surface area contributed by atoms with Gasteiger partial charge in [-0.25, -0.2) is 0 Å². The van der Waals surface area contributed by atoms with E-state index in [9.17, 15) is 19.8 Å². The minimum atomic E-state index is -1.86. The van der Waals surface area contributed by atoms with Gasteiger partial charge in [-0.2, -0.15) is 0 Å². The van der Waals surface area contributed by atoms with E-state index in [1.54, 1.807) is 48.5 Å². The van der Waals surface area contributed by atoms with Crippen LogP contribution >= 0.6 is 11.6 Å². The Labute approximate surface area is 214 Å². The molecule has 0 unspecified atom stereocenters. The molecule has 0 aliphatic carbocycles. The highest BCUT2D eigenvalue weighted by atomic mass is 35.5. The minimum Gasteiger partial charge on any atom is -0.457 e. The van der Waals surface area contributed by atoms with E-state index in [2.05, 4.69) is 10.2 Å². The number of hydrogen-bond acceptors (Lipinski definition) is 6. The summed E-state index contributed by atoms with van der Waals surface area (Å²) in [6.45, 7) is 2.10. The number of rotatable bonds is 8. The summed E-state index contributed by atoms with van der Waals surface area (Å²) < 4.78 is 5.74. The van der Waals surface area contributed by atoms with Crippen molar-refractivity contribution in [2.75, 3.05) is 31.1 Å². The van der Waals surface area contributed by atoms with Crippen LogP contribution in [0.4, 0.5) is 5.69 Å². The molecular formula is C27H28ClN3O5. The fourth-order valence-corrected chi connectivity index (χ4v) is 4.02. The fourth-order valence-electron chi connectivity index (χ4n) is 3.90. The van der Waals surface area contributed by atoms with Crippen LogP contribution in [-0.2, 0) is 16.1 Å². The summed E-state index contributed by atoms with van der Waals surface area (Å²) in [6, 6.07) is 23.9. The second kappa shape index (κ2) is 11.9. The first-order chi connectivity index (χ1) is 17.4. The van der Waals surface area contributed by atoms with Crippen LogP contribution in [0, 0.1) is 0 Å². The molecule has 0 bridgehead atoms. The minimum absolute atomic E-state index is 0.119. The number of nitrogens with zero attached hydrogens (tertiary/aromatic N) is 2. The third kappa shape index (κ3) is 6.54.